The quantitative estimate of drug-likeness (QED) is 0.868. The number of hydrogen-bond donors (Lipinski definition) is 1. The first-order valence-corrected chi connectivity index (χ1v) is 5.65. The summed E-state index contributed by atoms with van der Waals surface area (Å²) in [5.41, 5.74) is 8.71. The fourth-order valence-corrected chi connectivity index (χ4v) is 1.96. The number of aromatic nitrogens is 1. The monoisotopic (exact) mass is 228 g/mol. The summed E-state index contributed by atoms with van der Waals surface area (Å²) in [4.78, 5) is 11.8. The van der Waals surface area contributed by atoms with E-state index in [4.69, 9.17) is 5.73 Å². The minimum atomic E-state index is -0.0292. The van der Waals surface area contributed by atoms with Crippen LogP contribution >= 0.6 is 0 Å². The molecule has 0 unspecified atom stereocenters. The fourth-order valence-electron chi connectivity index (χ4n) is 1.96. The molecule has 0 saturated carbocycles. The third kappa shape index (κ3) is 2.63. The van der Waals surface area contributed by atoms with Crippen molar-refractivity contribution < 1.29 is 0 Å². The van der Waals surface area contributed by atoms with E-state index in [1.165, 1.54) is 5.56 Å². The van der Waals surface area contributed by atoms with E-state index in [1.54, 1.807) is 10.6 Å². The van der Waals surface area contributed by atoms with Gasteiger partial charge in [0.25, 0.3) is 5.56 Å². The second-order valence-corrected chi connectivity index (χ2v) is 4.14. The summed E-state index contributed by atoms with van der Waals surface area (Å²) < 4.78 is 1.61. The Morgan fingerprint density at radius 2 is 1.88 bits per heavy atom. The molecule has 1 aromatic heterocycles. The van der Waals surface area contributed by atoms with Crippen molar-refractivity contribution >= 4 is 0 Å². The molecule has 0 amide bonds. The van der Waals surface area contributed by atoms with E-state index >= 15 is 0 Å². The first kappa shape index (κ1) is 11.6. The lowest BCUT2D eigenvalue weighted by atomic mass is 10.1. The number of rotatable bonds is 3. The zero-order valence-corrected chi connectivity index (χ0v) is 9.89. The second kappa shape index (κ2) is 4.97. The summed E-state index contributed by atoms with van der Waals surface area (Å²) >= 11 is 0. The Bertz CT molecular complexity index is 558. The average Bonchev–Trinajstić information content (AvgIpc) is 2.30. The summed E-state index contributed by atoms with van der Waals surface area (Å²) in [7, 11) is 0. The molecule has 2 N–H and O–H groups in total. The predicted octanol–water partition coefficient (Wildman–Crippen LogP) is 1.66. The fraction of sp³-hybridized carbons (Fsp3) is 0.214. The van der Waals surface area contributed by atoms with E-state index in [-0.39, 0.29) is 12.2 Å². The minimum Gasteiger partial charge on any atom is -0.313 e. The lowest BCUT2D eigenvalue weighted by Gasteiger charge is -2.11. The first-order chi connectivity index (χ1) is 8.20. The van der Waals surface area contributed by atoms with Gasteiger partial charge in [0.2, 0.25) is 0 Å². The first-order valence-electron chi connectivity index (χ1n) is 5.65. The van der Waals surface area contributed by atoms with Gasteiger partial charge in [-0.15, -0.1) is 0 Å². The van der Waals surface area contributed by atoms with E-state index in [0.29, 0.717) is 0 Å². The molecule has 0 aliphatic carbocycles. The molecule has 0 spiro atoms. The Balaban J connectivity index is 2.42. The molecule has 88 valence electrons. The second-order valence-electron chi connectivity index (χ2n) is 4.14. The molecule has 2 rings (SSSR count). The molecule has 0 saturated heterocycles. The van der Waals surface area contributed by atoms with Crippen LogP contribution in [0.25, 0.3) is 0 Å². The molecule has 2 aromatic rings. The SMILES string of the molecule is Cc1cc(Cc2ccccc2)n(CN)c(=O)c1. The molecule has 0 atom stereocenters. The maximum atomic E-state index is 11.8. The summed E-state index contributed by atoms with van der Waals surface area (Å²) in [6, 6.07) is 13.7. The standard InChI is InChI=1S/C14H16N2O/c1-11-7-13(16(10-15)14(17)8-11)9-12-5-3-2-4-6-12/h2-8H,9-10,15H2,1H3. The predicted molar refractivity (Wildman–Crippen MR) is 68.9 cm³/mol. The largest absolute Gasteiger partial charge is 0.313 e. The highest BCUT2D eigenvalue weighted by molar-refractivity contribution is 5.25. The van der Waals surface area contributed by atoms with Gasteiger partial charge in [0.05, 0.1) is 6.67 Å². The van der Waals surface area contributed by atoms with Crippen molar-refractivity contribution in [2.75, 3.05) is 0 Å². The van der Waals surface area contributed by atoms with Crippen molar-refractivity contribution in [3.63, 3.8) is 0 Å². The Morgan fingerprint density at radius 1 is 1.18 bits per heavy atom. The van der Waals surface area contributed by atoms with Gasteiger partial charge in [0, 0.05) is 18.2 Å². The lowest BCUT2D eigenvalue weighted by molar-refractivity contribution is 0.662. The summed E-state index contributed by atoms with van der Waals surface area (Å²) in [6.07, 6.45) is 0.731. The third-order valence-electron chi connectivity index (χ3n) is 2.77. The van der Waals surface area contributed by atoms with Crippen LogP contribution in [0, 0.1) is 6.92 Å². The van der Waals surface area contributed by atoms with Gasteiger partial charge in [-0.1, -0.05) is 30.3 Å². The van der Waals surface area contributed by atoms with Crippen LogP contribution in [-0.2, 0) is 13.1 Å². The highest BCUT2D eigenvalue weighted by Gasteiger charge is 2.04. The smallest absolute Gasteiger partial charge is 0.252 e. The van der Waals surface area contributed by atoms with E-state index in [1.807, 2.05) is 43.3 Å². The van der Waals surface area contributed by atoms with Gasteiger partial charge < -0.3 is 5.73 Å². The zero-order chi connectivity index (χ0) is 12.3. The van der Waals surface area contributed by atoms with E-state index in [0.717, 1.165) is 17.7 Å². The van der Waals surface area contributed by atoms with Crippen LogP contribution in [0.3, 0.4) is 0 Å². The Kier molecular flexibility index (Phi) is 3.40. The molecule has 17 heavy (non-hydrogen) atoms. The molecule has 3 heteroatoms. The maximum absolute atomic E-state index is 11.8. The van der Waals surface area contributed by atoms with Gasteiger partial charge in [-0.05, 0) is 24.1 Å². The van der Waals surface area contributed by atoms with Gasteiger partial charge in [0.15, 0.2) is 0 Å². The molecule has 1 heterocycles. The molecule has 0 fully saturated rings. The van der Waals surface area contributed by atoms with Crippen LogP contribution in [0.1, 0.15) is 16.8 Å². The Labute approximate surface area is 101 Å². The van der Waals surface area contributed by atoms with Crippen LogP contribution < -0.4 is 11.3 Å². The Hall–Kier alpha value is -1.87. The van der Waals surface area contributed by atoms with Crippen molar-refractivity contribution in [2.24, 2.45) is 5.73 Å². The van der Waals surface area contributed by atoms with Gasteiger partial charge in [0.1, 0.15) is 0 Å². The maximum Gasteiger partial charge on any atom is 0.252 e. The number of nitrogens with two attached hydrogens (primary N) is 1. The number of benzene rings is 1. The topological polar surface area (TPSA) is 48.0 Å². The van der Waals surface area contributed by atoms with Gasteiger partial charge in [-0.25, -0.2) is 0 Å². The van der Waals surface area contributed by atoms with Crippen LogP contribution in [0.4, 0.5) is 0 Å². The summed E-state index contributed by atoms with van der Waals surface area (Å²) in [6.45, 7) is 2.15. The van der Waals surface area contributed by atoms with Crippen LogP contribution in [0.5, 0.6) is 0 Å². The van der Waals surface area contributed by atoms with Gasteiger partial charge in [-0.3, -0.25) is 9.36 Å². The van der Waals surface area contributed by atoms with Crippen molar-refractivity contribution in [1.82, 2.24) is 4.57 Å². The Morgan fingerprint density at radius 3 is 2.53 bits per heavy atom. The van der Waals surface area contributed by atoms with E-state index < -0.39 is 0 Å². The lowest BCUT2D eigenvalue weighted by Crippen LogP contribution is -2.27. The molecule has 0 aliphatic rings. The highest BCUT2D eigenvalue weighted by atomic mass is 16.1. The number of nitrogens with zero attached hydrogens (tertiary/aromatic N) is 1. The highest BCUT2D eigenvalue weighted by Crippen LogP contribution is 2.09. The van der Waals surface area contributed by atoms with Crippen molar-refractivity contribution in [2.45, 2.75) is 20.0 Å². The molecular weight excluding hydrogens is 212 g/mol. The minimum absolute atomic E-state index is 0.0292. The average molecular weight is 228 g/mol. The summed E-state index contributed by atoms with van der Waals surface area (Å²) in [5, 5.41) is 0. The molecule has 1 aromatic carbocycles. The molecule has 0 bridgehead atoms. The summed E-state index contributed by atoms with van der Waals surface area (Å²) in [5.74, 6) is 0. The van der Waals surface area contributed by atoms with Crippen LogP contribution in [0.15, 0.2) is 47.3 Å². The van der Waals surface area contributed by atoms with E-state index in [9.17, 15) is 4.79 Å². The molecule has 3 nitrogen and oxygen atoms in total. The van der Waals surface area contributed by atoms with Crippen molar-refractivity contribution in [1.29, 1.82) is 0 Å². The zero-order valence-electron chi connectivity index (χ0n) is 9.89. The van der Waals surface area contributed by atoms with Gasteiger partial charge >= 0.3 is 0 Å². The molecule has 0 radical (unpaired) electrons. The third-order valence-corrected chi connectivity index (χ3v) is 2.77. The molecular formula is C14H16N2O. The van der Waals surface area contributed by atoms with Gasteiger partial charge in [-0.2, -0.15) is 0 Å². The normalized spacial score (nSPS) is 10.5. The van der Waals surface area contributed by atoms with Crippen LogP contribution in [0.2, 0.25) is 0 Å². The van der Waals surface area contributed by atoms with Crippen molar-refractivity contribution in [3.05, 3.63) is 69.6 Å². The number of aryl methyl sites for hydroxylation is 1. The molecule has 0 aliphatic heterocycles. The van der Waals surface area contributed by atoms with Crippen molar-refractivity contribution in [3.8, 4) is 0 Å². The van der Waals surface area contributed by atoms with E-state index in [2.05, 4.69) is 0 Å². The number of pyridine rings is 1. The van der Waals surface area contributed by atoms with Crippen LogP contribution in [-0.4, -0.2) is 4.57 Å². The number of hydrogen-bond acceptors (Lipinski definition) is 2.